The van der Waals surface area contributed by atoms with Crippen LogP contribution in [0.5, 0.6) is 17.2 Å². The highest BCUT2D eigenvalue weighted by Crippen LogP contribution is 2.27. The van der Waals surface area contributed by atoms with E-state index in [1.54, 1.807) is 19.1 Å². The van der Waals surface area contributed by atoms with Crippen molar-refractivity contribution >= 4 is 17.6 Å². The molecular weight excluding hydrogens is 308 g/mol. The number of benzene rings is 2. The number of rotatable bonds is 5. The molecule has 0 aliphatic heterocycles. The van der Waals surface area contributed by atoms with Gasteiger partial charge < -0.3 is 19.7 Å². The van der Waals surface area contributed by atoms with Crippen LogP contribution in [-0.4, -0.2) is 28.4 Å². The molecule has 0 aromatic heterocycles. The summed E-state index contributed by atoms with van der Waals surface area (Å²) in [6.45, 7) is 1.54. The molecule has 0 aliphatic rings. The van der Waals surface area contributed by atoms with Crippen molar-refractivity contribution in [2.75, 3.05) is 6.61 Å². The number of carbonyl (C=O) groups excluding carboxylic acids is 1. The van der Waals surface area contributed by atoms with Gasteiger partial charge in [-0.15, -0.1) is 0 Å². The average molecular weight is 323 g/mol. The second-order valence-corrected chi connectivity index (χ2v) is 5.08. The van der Waals surface area contributed by atoms with Crippen LogP contribution in [0.4, 0.5) is 0 Å². The Kier molecular flexibility index (Phi) is 5.12. The van der Waals surface area contributed by atoms with Crippen LogP contribution >= 0.6 is 11.6 Å². The minimum Gasteiger partial charge on any atom is -0.508 e. The molecule has 0 saturated carbocycles. The molecule has 0 aliphatic carbocycles. The van der Waals surface area contributed by atoms with E-state index in [-0.39, 0.29) is 23.7 Å². The summed E-state index contributed by atoms with van der Waals surface area (Å²) < 4.78 is 10.4. The van der Waals surface area contributed by atoms with Crippen molar-refractivity contribution in [3.63, 3.8) is 0 Å². The summed E-state index contributed by atoms with van der Waals surface area (Å²) in [4.78, 5) is 12.0. The van der Waals surface area contributed by atoms with E-state index in [4.69, 9.17) is 21.1 Å². The molecule has 1 unspecified atom stereocenters. The number of hydrogen-bond acceptors (Lipinski definition) is 5. The second kappa shape index (κ2) is 7.04. The molecule has 6 heteroatoms. The molecule has 2 rings (SSSR count). The fourth-order valence-corrected chi connectivity index (χ4v) is 2.05. The number of alkyl halides is 1. The normalized spacial score (nSPS) is 11.7. The van der Waals surface area contributed by atoms with E-state index in [2.05, 4.69) is 0 Å². The summed E-state index contributed by atoms with van der Waals surface area (Å²) in [7, 11) is 0. The van der Waals surface area contributed by atoms with Gasteiger partial charge in [-0.3, -0.25) is 0 Å². The Morgan fingerprint density at radius 3 is 2.55 bits per heavy atom. The first-order chi connectivity index (χ1) is 10.5. The molecule has 0 amide bonds. The quantitative estimate of drug-likeness (QED) is 0.653. The number of esters is 1. The Morgan fingerprint density at radius 2 is 1.91 bits per heavy atom. The van der Waals surface area contributed by atoms with E-state index >= 15 is 0 Å². The zero-order valence-corrected chi connectivity index (χ0v) is 12.6. The van der Waals surface area contributed by atoms with Crippen LogP contribution in [0, 0.1) is 6.92 Å². The molecular formula is C16H15ClO5. The highest BCUT2D eigenvalue weighted by atomic mass is 35.5. The zero-order chi connectivity index (χ0) is 16.1. The fraction of sp³-hybridized carbons (Fsp3) is 0.188. The Balaban J connectivity index is 1.97. The maximum absolute atomic E-state index is 12.0. The van der Waals surface area contributed by atoms with Crippen molar-refractivity contribution in [1.29, 1.82) is 0 Å². The lowest BCUT2D eigenvalue weighted by atomic mass is 10.1. The van der Waals surface area contributed by atoms with Gasteiger partial charge in [-0.1, -0.05) is 29.8 Å². The predicted molar refractivity (Wildman–Crippen MR) is 81.5 cm³/mol. The van der Waals surface area contributed by atoms with Crippen LogP contribution in [-0.2, 0) is 4.74 Å². The van der Waals surface area contributed by atoms with Crippen LogP contribution in [0.2, 0.25) is 0 Å². The number of aryl methyl sites for hydroxylation is 1. The van der Waals surface area contributed by atoms with Gasteiger partial charge in [-0.2, -0.15) is 0 Å². The highest BCUT2D eigenvalue weighted by molar-refractivity contribution is 6.20. The van der Waals surface area contributed by atoms with Gasteiger partial charge in [0.1, 0.15) is 29.4 Å². The number of aromatic hydroxyl groups is 2. The lowest BCUT2D eigenvalue weighted by Crippen LogP contribution is -2.20. The zero-order valence-electron chi connectivity index (χ0n) is 11.8. The standard InChI is InChI=1S/C16H15ClO5/c1-10-7-11(18)8-13(19)15(10)16(20)22-14(17)9-21-12-5-3-2-4-6-12/h2-8,14,18-19H,9H2,1H3. The first-order valence-electron chi connectivity index (χ1n) is 6.53. The first-order valence-corrected chi connectivity index (χ1v) is 6.96. The Labute approximate surface area is 132 Å². The molecule has 116 valence electrons. The largest absolute Gasteiger partial charge is 0.508 e. The fourth-order valence-electron chi connectivity index (χ4n) is 1.90. The van der Waals surface area contributed by atoms with Gasteiger partial charge >= 0.3 is 5.97 Å². The molecule has 0 bridgehead atoms. The number of ether oxygens (including phenoxy) is 2. The topological polar surface area (TPSA) is 76.0 Å². The molecule has 0 heterocycles. The molecule has 0 fully saturated rings. The van der Waals surface area contributed by atoms with Crippen molar-refractivity contribution in [3.8, 4) is 17.2 Å². The van der Waals surface area contributed by atoms with E-state index in [1.165, 1.54) is 6.07 Å². The van der Waals surface area contributed by atoms with Gasteiger partial charge in [0.2, 0.25) is 5.56 Å². The van der Waals surface area contributed by atoms with Crippen LogP contribution in [0.3, 0.4) is 0 Å². The minimum atomic E-state index is -1.01. The minimum absolute atomic E-state index is 0.0325. The summed E-state index contributed by atoms with van der Waals surface area (Å²) in [5.74, 6) is -0.684. The van der Waals surface area contributed by atoms with Gasteiger partial charge in [-0.25, -0.2) is 4.79 Å². The third kappa shape index (κ3) is 4.05. The number of phenolic OH excluding ortho intramolecular Hbond substituents is 2. The van der Waals surface area contributed by atoms with Gasteiger partial charge in [-0.05, 0) is 30.7 Å². The summed E-state index contributed by atoms with van der Waals surface area (Å²) >= 11 is 5.91. The summed E-state index contributed by atoms with van der Waals surface area (Å²) in [6, 6.07) is 11.4. The second-order valence-electron chi connectivity index (χ2n) is 4.60. The van der Waals surface area contributed by atoms with Crippen LogP contribution in [0.1, 0.15) is 15.9 Å². The van der Waals surface area contributed by atoms with Crippen molar-refractivity contribution in [2.24, 2.45) is 0 Å². The molecule has 0 radical (unpaired) electrons. The maximum atomic E-state index is 12.0. The molecule has 22 heavy (non-hydrogen) atoms. The number of halogens is 1. The van der Waals surface area contributed by atoms with Crippen molar-refractivity contribution < 1.29 is 24.5 Å². The molecule has 5 nitrogen and oxygen atoms in total. The SMILES string of the molecule is Cc1cc(O)cc(O)c1C(=O)OC(Cl)COc1ccccc1. The molecule has 1 atom stereocenters. The Hall–Kier alpha value is -2.40. The summed E-state index contributed by atoms with van der Waals surface area (Å²) in [5, 5.41) is 19.1. The number of phenols is 2. The monoisotopic (exact) mass is 322 g/mol. The summed E-state index contributed by atoms with van der Waals surface area (Å²) in [6.07, 6.45) is 0. The number of hydrogen-bond donors (Lipinski definition) is 2. The molecule has 0 spiro atoms. The average Bonchev–Trinajstić information content (AvgIpc) is 2.45. The van der Waals surface area contributed by atoms with Gasteiger partial charge in [0.15, 0.2) is 0 Å². The molecule has 0 saturated heterocycles. The lowest BCUT2D eigenvalue weighted by molar-refractivity contribution is 0.0366. The third-order valence-electron chi connectivity index (χ3n) is 2.86. The number of para-hydroxylation sites is 1. The van der Waals surface area contributed by atoms with E-state index in [1.807, 2.05) is 18.2 Å². The Bertz CT molecular complexity index is 634. The van der Waals surface area contributed by atoms with E-state index in [0.717, 1.165) is 6.07 Å². The summed E-state index contributed by atoms with van der Waals surface area (Å²) in [5.41, 5.74) is -0.668. The highest BCUT2D eigenvalue weighted by Gasteiger charge is 2.20. The van der Waals surface area contributed by atoms with Crippen LogP contribution in [0.25, 0.3) is 0 Å². The van der Waals surface area contributed by atoms with E-state index < -0.39 is 11.5 Å². The molecule has 2 aromatic rings. The lowest BCUT2D eigenvalue weighted by Gasteiger charge is -2.14. The van der Waals surface area contributed by atoms with E-state index in [9.17, 15) is 15.0 Å². The van der Waals surface area contributed by atoms with Gasteiger partial charge in [0, 0.05) is 6.07 Å². The number of carbonyl (C=O) groups is 1. The smallest absolute Gasteiger partial charge is 0.343 e. The predicted octanol–water partition coefficient (Wildman–Crippen LogP) is 3.21. The Morgan fingerprint density at radius 1 is 1.23 bits per heavy atom. The van der Waals surface area contributed by atoms with E-state index in [0.29, 0.717) is 11.3 Å². The van der Waals surface area contributed by atoms with Gasteiger partial charge in [0.05, 0.1) is 0 Å². The van der Waals surface area contributed by atoms with Gasteiger partial charge in [0.25, 0.3) is 0 Å². The molecule has 2 aromatic carbocycles. The van der Waals surface area contributed by atoms with Crippen LogP contribution in [0.15, 0.2) is 42.5 Å². The van der Waals surface area contributed by atoms with Crippen molar-refractivity contribution in [3.05, 3.63) is 53.6 Å². The third-order valence-corrected chi connectivity index (χ3v) is 3.08. The molecule has 2 N–H and O–H groups in total. The van der Waals surface area contributed by atoms with Crippen molar-refractivity contribution in [2.45, 2.75) is 12.5 Å². The maximum Gasteiger partial charge on any atom is 0.343 e. The first kappa shape index (κ1) is 16.0. The van der Waals surface area contributed by atoms with Crippen molar-refractivity contribution in [1.82, 2.24) is 0 Å². The van der Waals surface area contributed by atoms with Crippen LogP contribution < -0.4 is 4.74 Å².